The maximum atomic E-state index is 11.8. The molecule has 1 aromatic rings. The molecule has 1 aromatic carbocycles. The number of rotatable bonds is 4. The van der Waals surface area contributed by atoms with Crippen molar-refractivity contribution < 1.29 is 9.72 Å². The van der Waals surface area contributed by atoms with E-state index < -0.39 is 4.92 Å². The predicted molar refractivity (Wildman–Crippen MR) is 102 cm³/mol. The van der Waals surface area contributed by atoms with Gasteiger partial charge in [-0.3, -0.25) is 19.8 Å². The van der Waals surface area contributed by atoms with Crippen LogP contribution in [0.2, 0.25) is 0 Å². The summed E-state index contributed by atoms with van der Waals surface area (Å²) in [7, 11) is 1.52. The molecule has 7 heteroatoms. The number of nitro benzene ring substituents is 1. The first-order valence-electron chi connectivity index (χ1n) is 9.49. The van der Waals surface area contributed by atoms with Crippen LogP contribution in [0.15, 0.2) is 18.2 Å². The second-order valence-electron chi connectivity index (χ2n) is 7.48. The molecule has 0 atom stereocenters. The number of nitrogens with one attached hydrogen (secondary N) is 1. The number of benzene rings is 1. The first-order chi connectivity index (χ1) is 12.5. The molecule has 1 aliphatic heterocycles. The number of nitro groups is 1. The molecule has 1 amide bonds. The van der Waals surface area contributed by atoms with Crippen molar-refractivity contribution in [1.29, 1.82) is 0 Å². The molecule has 0 bridgehead atoms. The zero-order valence-corrected chi connectivity index (χ0v) is 15.6. The zero-order valence-electron chi connectivity index (χ0n) is 15.6. The topological polar surface area (TPSA) is 78.7 Å². The molecule has 142 valence electrons. The zero-order chi connectivity index (χ0) is 18.7. The molecular formula is C19H28N4O3. The molecule has 0 aromatic heterocycles. The van der Waals surface area contributed by atoms with E-state index in [0.717, 1.165) is 32.1 Å². The third-order valence-corrected chi connectivity index (χ3v) is 5.82. The highest BCUT2D eigenvalue weighted by Gasteiger charge is 2.29. The number of carbonyl (C=O) groups excluding carboxylic acids is 1. The van der Waals surface area contributed by atoms with Crippen LogP contribution in [0.3, 0.4) is 0 Å². The predicted octanol–water partition coefficient (Wildman–Crippen LogP) is 2.66. The summed E-state index contributed by atoms with van der Waals surface area (Å²) in [5, 5.41) is 14.0. The van der Waals surface area contributed by atoms with Gasteiger partial charge in [-0.2, -0.15) is 0 Å². The molecule has 26 heavy (non-hydrogen) atoms. The van der Waals surface area contributed by atoms with Gasteiger partial charge >= 0.3 is 0 Å². The lowest BCUT2D eigenvalue weighted by Crippen LogP contribution is -2.51. The van der Waals surface area contributed by atoms with Crippen LogP contribution < -0.4 is 10.2 Å². The fraction of sp³-hybridized carbons (Fsp3) is 0.632. The van der Waals surface area contributed by atoms with E-state index in [-0.39, 0.29) is 11.6 Å². The van der Waals surface area contributed by atoms with Gasteiger partial charge in [-0.1, -0.05) is 6.92 Å². The number of carbonyl (C=O) groups is 1. The number of piperazine rings is 1. The normalized spacial score (nSPS) is 24.3. The largest absolute Gasteiger partial charge is 0.363 e. The summed E-state index contributed by atoms with van der Waals surface area (Å²) in [6, 6.07) is 5.42. The van der Waals surface area contributed by atoms with Gasteiger partial charge in [0.1, 0.15) is 5.69 Å². The van der Waals surface area contributed by atoms with Crippen molar-refractivity contribution in [2.45, 2.75) is 38.6 Å². The highest BCUT2D eigenvalue weighted by molar-refractivity contribution is 5.95. The van der Waals surface area contributed by atoms with Crippen LogP contribution in [0, 0.1) is 16.0 Å². The molecule has 1 aliphatic carbocycles. The Kier molecular flexibility index (Phi) is 5.76. The maximum Gasteiger partial charge on any atom is 0.293 e. The monoisotopic (exact) mass is 360 g/mol. The third-order valence-electron chi connectivity index (χ3n) is 5.82. The summed E-state index contributed by atoms with van der Waals surface area (Å²) in [4.78, 5) is 27.5. The Morgan fingerprint density at radius 1 is 1.15 bits per heavy atom. The van der Waals surface area contributed by atoms with E-state index >= 15 is 0 Å². The van der Waals surface area contributed by atoms with Crippen molar-refractivity contribution in [1.82, 2.24) is 10.2 Å². The molecule has 1 N–H and O–H groups in total. The molecule has 1 heterocycles. The van der Waals surface area contributed by atoms with Gasteiger partial charge in [-0.15, -0.1) is 0 Å². The Morgan fingerprint density at radius 3 is 2.38 bits per heavy atom. The Bertz CT molecular complexity index is 663. The average molecular weight is 360 g/mol. The summed E-state index contributed by atoms with van der Waals surface area (Å²) in [6.07, 6.45) is 5.14. The molecule has 7 nitrogen and oxygen atoms in total. The van der Waals surface area contributed by atoms with E-state index in [1.54, 1.807) is 12.1 Å². The third kappa shape index (κ3) is 3.98. The minimum absolute atomic E-state index is 0.00559. The Hall–Kier alpha value is -2.15. The number of amides is 1. The van der Waals surface area contributed by atoms with Crippen molar-refractivity contribution in [2.24, 2.45) is 5.92 Å². The molecule has 0 unspecified atom stereocenters. The van der Waals surface area contributed by atoms with Crippen molar-refractivity contribution >= 4 is 17.3 Å². The van der Waals surface area contributed by atoms with Crippen LogP contribution in [0.5, 0.6) is 0 Å². The van der Waals surface area contributed by atoms with Crippen LogP contribution in [-0.2, 0) is 0 Å². The minimum atomic E-state index is -0.392. The fourth-order valence-corrected chi connectivity index (χ4v) is 4.16. The van der Waals surface area contributed by atoms with Crippen molar-refractivity contribution in [3.8, 4) is 0 Å². The summed E-state index contributed by atoms with van der Waals surface area (Å²) in [6.45, 7) is 5.77. The van der Waals surface area contributed by atoms with Crippen LogP contribution in [0.1, 0.15) is 43.0 Å². The van der Waals surface area contributed by atoms with E-state index in [2.05, 4.69) is 22.0 Å². The first-order valence-corrected chi connectivity index (χ1v) is 9.49. The standard InChI is InChI=1S/C19H28N4O3/c1-14-3-6-16(7-4-14)21-9-11-22(12-10-21)17-8-5-15(19(24)20-2)13-18(17)23(25)26/h5,8,13-14,16H,3-4,6-7,9-12H2,1-2H3,(H,20,24). The van der Waals surface area contributed by atoms with Crippen molar-refractivity contribution in [3.63, 3.8) is 0 Å². The first kappa shape index (κ1) is 18.6. The van der Waals surface area contributed by atoms with Gasteiger partial charge in [-0.25, -0.2) is 0 Å². The molecule has 1 saturated heterocycles. The number of nitrogens with zero attached hydrogens (tertiary/aromatic N) is 3. The van der Waals surface area contributed by atoms with Gasteiger partial charge < -0.3 is 10.2 Å². The van der Waals surface area contributed by atoms with E-state index in [1.807, 2.05) is 0 Å². The highest BCUT2D eigenvalue weighted by Crippen LogP contribution is 2.32. The SMILES string of the molecule is CNC(=O)c1ccc(N2CCN(C3CCC(C)CC3)CC2)c([N+](=O)[O-])c1. The molecule has 1 saturated carbocycles. The van der Waals surface area contributed by atoms with Gasteiger partial charge in [0.15, 0.2) is 0 Å². The number of hydrogen-bond acceptors (Lipinski definition) is 5. The van der Waals surface area contributed by atoms with Crippen molar-refractivity contribution in [3.05, 3.63) is 33.9 Å². The summed E-state index contributed by atoms with van der Waals surface area (Å²) in [5.41, 5.74) is 0.934. The molecule has 2 fully saturated rings. The number of anilines is 1. The van der Waals surface area contributed by atoms with Gasteiger partial charge in [0.25, 0.3) is 11.6 Å². The summed E-state index contributed by atoms with van der Waals surface area (Å²) in [5.74, 6) is 0.532. The van der Waals surface area contributed by atoms with Crippen molar-refractivity contribution in [2.75, 3.05) is 38.1 Å². The van der Waals surface area contributed by atoms with Crippen LogP contribution >= 0.6 is 0 Å². The highest BCUT2D eigenvalue weighted by atomic mass is 16.6. The lowest BCUT2D eigenvalue weighted by atomic mass is 9.86. The van der Waals surface area contributed by atoms with Crippen LogP contribution in [0.25, 0.3) is 0 Å². The van der Waals surface area contributed by atoms with Gasteiger partial charge in [0.2, 0.25) is 0 Å². The fourth-order valence-electron chi connectivity index (χ4n) is 4.16. The van der Waals surface area contributed by atoms with E-state index in [0.29, 0.717) is 17.3 Å². The lowest BCUT2D eigenvalue weighted by Gasteiger charge is -2.42. The van der Waals surface area contributed by atoms with E-state index in [4.69, 9.17) is 0 Å². The molecule has 0 radical (unpaired) electrons. The van der Waals surface area contributed by atoms with E-state index in [9.17, 15) is 14.9 Å². The Morgan fingerprint density at radius 2 is 1.81 bits per heavy atom. The maximum absolute atomic E-state index is 11.8. The Balaban J connectivity index is 1.69. The smallest absolute Gasteiger partial charge is 0.293 e. The summed E-state index contributed by atoms with van der Waals surface area (Å²) < 4.78 is 0. The molecular weight excluding hydrogens is 332 g/mol. The summed E-state index contributed by atoms with van der Waals surface area (Å²) >= 11 is 0. The second kappa shape index (κ2) is 8.03. The van der Waals surface area contributed by atoms with Crippen LogP contribution in [-0.4, -0.2) is 55.0 Å². The Labute approximate surface area is 154 Å². The van der Waals surface area contributed by atoms with Gasteiger partial charge in [-0.05, 0) is 43.7 Å². The van der Waals surface area contributed by atoms with Crippen LogP contribution in [0.4, 0.5) is 11.4 Å². The molecule has 3 rings (SSSR count). The van der Waals surface area contributed by atoms with Gasteiger partial charge in [0, 0.05) is 50.9 Å². The van der Waals surface area contributed by atoms with Gasteiger partial charge in [0.05, 0.1) is 4.92 Å². The lowest BCUT2D eigenvalue weighted by molar-refractivity contribution is -0.384. The quantitative estimate of drug-likeness (QED) is 0.660. The average Bonchev–Trinajstić information content (AvgIpc) is 2.67. The minimum Gasteiger partial charge on any atom is -0.363 e. The number of hydrogen-bond donors (Lipinski definition) is 1. The molecule has 2 aliphatic rings. The second-order valence-corrected chi connectivity index (χ2v) is 7.48. The molecule has 0 spiro atoms. The van der Waals surface area contributed by atoms with E-state index in [1.165, 1.54) is 38.8 Å².